The third-order valence-electron chi connectivity index (χ3n) is 1.84. The average Bonchev–Trinajstić information content (AvgIpc) is 1.78. The number of nitrogens with one attached hydrogen (secondary N) is 1. The SMILES string of the molecule is C#CC(C)NC1CCC1. The molecular formula is C8H13N. The van der Waals surface area contributed by atoms with E-state index in [0.717, 1.165) is 6.04 Å². The number of rotatable bonds is 2. The molecule has 0 aromatic heterocycles. The summed E-state index contributed by atoms with van der Waals surface area (Å²) in [5.74, 6) is 2.65. The van der Waals surface area contributed by atoms with Crippen LogP contribution in [0.1, 0.15) is 26.2 Å². The largest absolute Gasteiger partial charge is 0.301 e. The van der Waals surface area contributed by atoms with E-state index in [1.54, 1.807) is 0 Å². The molecule has 0 aromatic rings. The Balaban J connectivity index is 2.10. The van der Waals surface area contributed by atoms with Crippen LogP contribution in [-0.2, 0) is 0 Å². The minimum atomic E-state index is 0.260. The molecule has 0 aromatic carbocycles. The number of hydrogen-bond acceptors (Lipinski definition) is 1. The highest BCUT2D eigenvalue weighted by Crippen LogP contribution is 2.18. The van der Waals surface area contributed by atoms with Crippen molar-refractivity contribution in [3.8, 4) is 12.3 Å². The molecule has 50 valence electrons. The van der Waals surface area contributed by atoms with Gasteiger partial charge in [0.1, 0.15) is 0 Å². The maximum atomic E-state index is 5.19. The van der Waals surface area contributed by atoms with Crippen molar-refractivity contribution < 1.29 is 0 Å². The van der Waals surface area contributed by atoms with Gasteiger partial charge < -0.3 is 5.32 Å². The zero-order valence-electron chi connectivity index (χ0n) is 5.85. The Bertz CT molecular complexity index is 119. The quantitative estimate of drug-likeness (QED) is 0.543. The van der Waals surface area contributed by atoms with Crippen LogP contribution in [0.25, 0.3) is 0 Å². The van der Waals surface area contributed by atoms with Gasteiger partial charge in [0.25, 0.3) is 0 Å². The monoisotopic (exact) mass is 123 g/mol. The molecule has 1 aliphatic rings. The van der Waals surface area contributed by atoms with E-state index in [9.17, 15) is 0 Å². The molecule has 1 heteroatoms. The maximum Gasteiger partial charge on any atom is 0.0660 e. The second-order valence-electron chi connectivity index (χ2n) is 2.68. The van der Waals surface area contributed by atoms with Gasteiger partial charge in [-0.15, -0.1) is 6.42 Å². The summed E-state index contributed by atoms with van der Waals surface area (Å²) in [6.07, 6.45) is 9.18. The van der Waals surface area contributed by atoms with E-state index < -0.39 is 0 Å². The summed E-state index contributed by atoms with van der Waals surface area (Å²) in [6.45, 7) is 2.03. The molecule has 1 N–H and O–H groups in total. The molecule has 0 heterocycles. The van der Waals surface area contributed by atoms with Crippen molar-refractivity contribution in [1.29, 1.82) is 0 Å². The van der Waals surface area contributed by atoms with Crippen LogP contribution in [0.4, 0.5) is 0 Å². The lowest BCUT2D eigenvalue weighted by atomic mass is 9.92. The second kappa shape index (κ2) is 2.89. The summed E-state index contributed by atoms with van der Waals surface area (Å²) in [7, 11) is 0. The molecule has 1 saturated carbocycles. The van der Waals surface area contributed by atoms with E-state index in [1.165, 1.54) is 19.3 Å². The lowest BCUT2D eigenvalue weighted by Crippen LogP contribution is -2.40. The smallest absolute Gasteiger partial charge is 0.0660 e. The molecule has 1 fully saturated rings. The summed E-state index contributed by atoms with van der Waals surface area (Å²) in [4.78, 5) is 0. The van der Waals surface area contributed by atoms with Gasteiger partial charge in [-0.2, -0.15) is 0 Å². The van der Waals surface area contributed by atoms with Crippen LogP contribution in [0.5, 0.6) is 0 Å². The molecule has 1 unspecified atom stereocenters. The first-order chi connectivity index (χ1) is 4.33. The van der Waals surface area contributed by atoms with E-state index in [1.807, 2.05) is 6.92 Å². The van der Waals surface area contributed by atoms with E-state index in [-0.39, 0.29) is 6.04 Å². The standard InChI is InChI=1S/C8H13N/c1-3-7(2)9-8-5-4-6-8/h1,7-9H,4-6H2,2H3. The molecule has 0 amide bonds. The molecule has 0 aliphatic heterocycles. The molecule has 0 saturated heterocycles. The van der Waals surface area contributed by atoms with Crippen LogP contribution in [0, 0.1) is 12.3 Å². The van der Waals surface area contributed by atoms with Gasteiger partial charge in [-0.25, -0.2) is 0 Å². The molecule has 1 atom stereocenters. The van der Waals surface area contributed by atoms with E-state index in [0.29, 0.717) is 0 Å². The molecule has 0 spiro atoms. The van der Waals surface area contributed by atoms with Gasteiger partial charge in [0.2, 0.25) is 0 Å². The second-order valence-corrected chi connectivity index (χ2v) is 2.68. The zero-order chi connectivity index (χ0) is 6.69. The predicted molar refractivity (Wildman–Crippen MR) is 39.1 cm³/mol. The average molecular weight is 123 g/mol. The Morgan fingerprint density at radius 2 is 2.33 bits per heavy atom. The third-order valence-corrected chi connectivity index (χ3v) is 1.84. The minimum Gasteiger partial charge on any atom is -0.301 e. The number of terminal acetylenes is 1. The first-order valence-electron chi connectivity index (χ1n) is 3.55. The van der Waals surface area contributed by atoms with Gasteiger partial charge in [-0.1, -0.05) is 12.3 Å². The van der Waals surface area contributed by atoms with Gasteiger partial charge in [0, 0.05) is 6.04 Å². The van der Waals surface area contributed by atoms with Gasteiger partial charge >= 0.3 is 0 Å². The molecular weight excluding hydrogens is 110 g/mol. The molecule has 1 rings (SSSR count). The Kier molecular flexibility index (Phi) is 2.13. The van der Waals surface area contributed by atoms with Crippen LogP contribution in [-0.4, -0.2) is 12.1 Å². The van der Waals surface area contributed by atoms with Gasteiger partial charge in [0.15, 0.2) is 0 Å². The molecule has 1 aliphatic carbocycles. The first kappa shape index (κ1) is 6.64. The summed E-state index contributed by atoms with van der Waals surface area (Å²) in [5.41, 5.74) is 0. The summed E-state index contributed by atoms with van der Waals surface area (Å²) < 4.78 is 0. The molecule has 9 heavy (non-hydrogen) atoms. The Labute approximate surface area is 56.8 Å². The van der Waals surface area contributed by atoms with Crippen LogP contribution < -0.4 is 5.32 Å². The maximum absolute atomic E-state index is 5.19. The van der Waals surface area contributed by atoms with Gasteiger partial charge in [-0.05, 0) is 19.8 Å². The van der Waals surface area contributed by atoms with E-state index in [4.69, 9.17) is 6.42 Å². The summed E-state index contributed by atoms with van der Waals surface area (Å²) in [6, 6.07) is 0.978. The highest BCUT2D eigenvalue weighted by Gasteiger charge is 2.17. The molecule has 0 bridgehead atoms. The Hall–Kier alpha value is -0.480. The van der Waals surface area contributed by atoms with Crippen LogP contribution in [0.2, 0.25) is 0 Å². The third kappa shape index (κ3) is 1.73. The minimum absolute atomic E-state index is 0.260. The van der Waals surface area contributed by atoms with Crippen molar-refractivity contribution in [2.45, 2.75) is 38.3 Å². The first-order valence-corrected chi connectivity index (χ1v) is 3.55. The fourth-order valence-corrected chi connectivity index (χ4v) is 0.977. The fourth-order valence-electron chi connectivity index (χ4n) is 0.977. The van der Waals surface area contributed by atoms with E-state index in [2.05, 4.69) is 11.2 Å². The summed E-state index contributed by atoms with van der Waals surface area (Å²) in [5, 5.41) is 3.33. The Morgan fingerprint density at radius 3 is 2.67 bits per heavy atom. The van der Waals surface area contributed by atoms with Gasteiger partial charge in [-0.3, -0.25) is 0 Å². The van der Waals surface area contributed by atoms with Crippen molar-refractivity contribution in [2.24, 2.45) is 0 Å². The predicted octanol–water partition coefficient (Wildman–Crippen LogP) is 1.15. The highest BCUT2D eigenvalue weighted by atomic mass is 14.9. The summed E-state index contributed by atoms with van der Waals surface area (Å²) >= 11 is 0. The van der Waals surface area contributed by atoms with Crippen molar-refractivity contribution in [3.63, 3.8) is 0 Å². The Morgan fingerprint density at radius 1 is 1.67 bits per heavy atom. The van der Waals surface area contributed by atoms with Crippen molar-refractivity contribution >= 4 is 0 Å². The normalized spacial score (nSPS) is 22.2. The van der Waals surface area contributed by atoms with Crippen molar-refractivity contribution in [1.82, 2.24) is 5.32 Å². The van der Waals surface area contributed by atoms with Crippen molar-refractivity contribution in [2.75, 3.05) is 0 Å². The number of hydrogen-bond donors (Lipinski definition) is 1. The molecule has 0 radical (unpaired) electrons. The van der Waals surface area contributed by atoms with Crippen molar-refractivity contribution in [3.05, 3.63) is 0 Å². The topological polar surface area (TPSA) is 12.0 Å². The zero-order valence-corrected chi connectivity index (χ0v) is 5.85. The van der Waals surface area contributed by atoms with Crippen LogP contribution in [0.3, 0.4) is 0 Å². The lowest BCUT2D eigenvalue weighted by Gasteiger charge is -2.28. The highest BCUT2D eigenvalue weighted by molar-refractivity contribution is 4.98. The van der Waals surface area contributed by atoms with Crippen LogP contribution in [0.15, 0.2) is 0 Å². The molecule has 1 nitrogen and oxygen atoms in total. The van der Waals surface area contributed by atoms with Crippen LogP contribution >= 0.6 is 0 Å². The fraction of sp³-hybridized carbons (Fsp3) is 0.750. The lowest BCUT2D eigenvalue weighted by molar-refractivity contribution is 0.330. The van der Waals surface area contributed by atoms with E-state index >= 15 is 0 Å². The van der Waals surface area contributed by atoms with Gasteiger partial charge in [0.05, 0.1) is 6.04 Å².